The number of Topliss-reactive ketones (excluding diaryl/α,β-unsaturated/α-hetero) is 1. The van der Waals surface area contributed by atoms with Gasteiger partial charge in [0.15, 0.2) is 11.4 Å². The van der Waals surface area contributed by atoms with Crippen molar-refractivity contribution in [3.8, 4) is 5.75 Å². The summed E-state index contributed by atoms with van der Waals surface area (Å²) in [5, 5.41) is 0. The molecule has 6 heteroatoms. The molecule has 1 aliphatic carbocycles. The molecule has 0 spiro atoms. The van der Waals surface area contributed by atoms with Crippen LogP contribution < -0.4 is 4.74 Å². The van der Waals surface area contributed by atoms with E-state index in [1.807, 2.05) is 0 Å². The average molecular weight is 422 g/mol. The Bertz CT molecular complexity index is 905. The van der Waals surface area contributed by atoms with E-state index in [4.69, 9.17) is 4.74 Å². The van der Waals surface area contributed by atoms with Gasteiger partial charge in [-0.3, -0.25) is 9.59 Å². The number of piperidine rings is 1. The number of benzene rings is 1. The Morgan fingerprint density at radius 1 is 1.13 bits per heavy atom. The number of amides is 1. The van der Waals surface area contributed by atoms with E-state index in [9.17, 15) is 9.59 Å². The maximum absolute atomic E-state index is 13.0. The Kier molecular flexibility index (Phi) is 6.95. The Labute approximate surface area is 184 Å². The maximum Gasteiger partial charge on any atom is 0.276 e. The average Bonchev–Trinajstić information content (AvgIpc) is 2.83. The number of aryl methyl sites for hydroxylation is 1. The Hall–Kier alpha value is -2.76. The van der Waals surface area contributed by atoms with Crippen molar-refractivity contribution < 1.29 is 14.3 Å². The third-order valence-corrected chi connectivity index (χ3v) is 6.74. The summed E-state index contributed by atoms with van der Waals surface area (Å²) in [6.07, 6.45) is 9.05. The van der Waals surface area contributed by atoms with Gasteiger partial charge in [0.2, 0.25) is 0 Å². The lowest BCUT2D eigenvalue weighted by molar-refractivity contribution is -0.120. The zero-order valence-electron chi connectivity index (χ0n) is 18.3. The molecule has 31 heavy (non-hydrogen) atoms. The predicted octanol–water partition coefficient (Wildman–Crippen LogP) is 4.20. The monoisotopic (exact) mass is 421 g/mol. The molecule has 2 atom stereocenters. The van der Waals surface area contributed by atoms with Crippen molar-refractivity contribution in [1.82, 2.24) is 14.9 Å². The zero-order chi connectivity index (χ0) is 21.6. The summed E-state index contributed by atoms with van der Waals surface area (Å²) < 4.78 is 5.60. The van der Waals surface area contributed by atoms with E-state index in [1.54, 1.807) is 12.0 Å². The van der Waals surface area contributed by atoms with Gasteiger partial charge in [-0.05, 0) is 43.1 Å². The standard InChI is InChI=1S/C25H31N3O3/c1-31-24-22(26-17-27-23(24)25(30)28-14-12-21(29)13-15-28)11-10-18-6-5-9-20(16-18)19-7-3-2-4-8-19/h2-4,7-8,17-18,20H,5-6,9-16H2,1H3/t18-,20-/m1/s1. The molecule has 2 aliphatic rings. The summed E-state index contributed by atoms with van der Waals surface area (Å²) in [5.74, 6) is 1.80. The summed E-state index contributed by atoms with van der Waals surface area (Å²) in [5.41, 5.74) is 2.56. The smallest absolute Gasteiger partial charge is 0.276 e. The van der Waals surface area contributed by atoms with Gasteiger partial charge in [0.05, 0.1) is 12.8 Å². The van der Waals surface area contributed by atoms with Crippen molar-refractivity contribution in [2.75, 3.05) is 20.2 Å². The molecule has 6 nitrogen and oxygen atoms in total. The van der Waals surface area contributed by atoms with Gasteiger partial charge in [-0.15, -0.1) is 0 Å². The molecule has 1 aromatic heterocycles. The number of aromatic nitrogens is 2. The number of ketones is 1. The van der Waals surface area contributed by atoms with Crippen LogP contribution in [0.1, 0.15) is 72.6 Å². The van der Waals surface area contributed by atoms with Gasteiger partial charge in [0.1, 0.15) is 12.1 Å². The molecule has 4 rings (SSSR count). The molecule has 2 fully saturated rings. The van der Waals surface area contributed by atoms with E-state index in [0.717, 1.165) is 18.5 Å². The fourth-order valence-corrected chi connectivity index (χ4v) is 4.99. The molecule has 0 unspecified atom stereocenters. The van der Waals surface area contributed by atoms with Crippen LogP contribution in [0.2, 0.25) is 0 Å². The molecule has 1 saturated heterocycles. The highest BCUT2D eigenvalue weighted by atomic mass is 16.5. The van der Waals surface area contributed by atoms with Crippen LogP contribution in [0.15, 0.2) is 36.7 Å². The Morgan fingerprint density at radius 2 is 1.90 bits per heavy atom. The van der Waals surface area contributed by atoms with Gasteiger partial charge >= 0.3 is 0 Å². The SMILES string of the molecule is COc1c(CC[C@H]2CCC[C@@H](c3ccccc3)C2)ncnc1C(=O)N1CCC(=O)CC1. The lowest BCUT2D eigenvalue weighted by Gasteiger charge is -2.29. The van der Waals surface area contributed by atoms with Crippen molar-refractivity contribution in [3.63, 3.8) is 0 Å². The Morgan fingerprint density at radius 3 is 2.65 bits per heavy atom. The summed E-state index contributed by atoms with van der Waals surface area (Å²) in [6.45, 7) is 0.895. The number of rotatable bonds is 6. The molecule has 1 aliphatic heterocycles. The molecular weight excluding hydrogens is 390 g/mol. The molecular formula is C25H31N3O3. The summed E-state index contributed by atoms with van der Waals surface area (Å²) >= 11 is 0. The normalized spacial score (nSPS) is 21.7. The molecule has 1 saturated carbocycles. The number of ether oxygens (including phenoxy) is 1. The highest BCUT2D eigenvalue weighted by molar-refractivity contribution is 5.96. The van der Waals surface area contributed by atoms with Crippen LogP contribution in [0.4, 0.5) is 0 Å². The van der Waals surface area contributed by atoms with Crippen LogP contribution in [0.3, 0.4) is 0 Å². The van der Waals surface area contributed by atoms with E-state index in [0.29, 0.717) is 49.2 Å². The number of carbonyl (C=O) groups is 2. The molecule has 1 amide bonds. The lowest BCUT2D eigenvalue weighted by atomic mass is 9.76. The van der Waals surface area contributed by atoms with Gasteiger partial charge < -0.3 is 9.64 Å². The van der Waals surface area contributed by atoms with Crippen LogP contribution in [0.25, 0.3) is 0 Å². The highest BCUT2D eigenvalue weighted by Gasteiger charge is 2.28. The van der Waals surface area contributed by atoms with Gasteiger partial charge in [-0.25, -0.2) is 9.97 Å². The second kappa shape index (κ2) is 10.0. The minimum absolute atomic E-state index is 0.171. The quantitative estimate of drug-likeness (QED) is 0.699. The molecule has 0 radical (unpaired) electrons. The highest BCUT2D eigenvalue weighted by Crippen LogP contribution is 2.38. The predicted molar refractivity (Wildman–Crippen MR) is 118 cm³/mol. The number of nitrogens with zero attached hydrogens (tertiary/aromatic N) is 3. The molecule has 164 valence electrons. The molecule has 0 N–H and O–H groups in total. The second-order valence-corrected chi connectivity index (χ2v) is 8.71. The fourth-order valence-electron chi connectivity index (χ4n) is 4.99. The Balaban J connectivity index is 1.42. The first kappa shape index (κ1) is 21.5. The first-order valence-electron chi connectivity index (χ1n) is 11.4. The van der Waals surface area contributed by atoms with Crippen LogP contribution in [0, 0.1) is 5.92 Å². The molecule has 2 aromatic rings. The third kappa shape index (κ3) is 5.12. The fraction of sp³-hybridized carbons (Fsp3) is 0.520. The van der Waals surface area contributed by atoms with Crippen LogP contribution in [0.5, 0.6) is 5.75 Å². The lowest BCUT2D eigenvalue weighted by Crippen LogP contribution is -2.39. The first-order chi connectivity index (χ1) is 15.2. The van der Waals surface area contributed by atoms with Gasteiger partial charge in [0, 0.05) is 25.9 Å². The number of likely N-dealkylation sites (tertiary alicyclic amines) is 1. The topological polar surface area (TPSA) is 72.4 Å². The van der Waals surface area contributed by atoms with Crippen molar-refractivity contribution in [1.29, 1.82) is 0 Å². The van der Waals surface area contributed by atoms with Crippen LogP contribution >= 0.6 is 0 Å². The number of hydrogen-bond donors (Lipinski definition) is 0. The van der Waals surface area contributed by atoms with Gasteiger partial charge in [-0.1, -0.05) is 43.2 Å². The minimum Gasteiger partial charge on any atom is -0.492 e. The van der Waals surface area contributed by atoms with E-state index in [1.165, 1.54) is 37.6 Å². The summed E-state index contributed by atoms with van der Waals surface area (Å²) in [4.78, 5) is 34.9. The van der Waals surface area contributed by atoms with Crippen molar-refractivity contribution in [3.05, 3.63) is 53.6 Å². The largest absolute Gasteiger partial charge is 0.492 e. The third-order valence-electron chi connectivity index (χ3n) is 6.74. The van der Waals surface area contributed by atoms with Gasteiger partial charge in [0.25, 0.3) is 5.91 Å². The van der Waals surface area contributed by atoms with Crippen LogP contribution in [-0.4, -0.2) is 46.8 Å². The van der Waals surface area contributed by atoms with Crippen molar-refractivity contribution in [2.24, 2.45) is 5.92 Å². The second-order valence-electron chi connectivity index (χ2n) is 8.71. The number of methoxy groups -OCH3 is 1. The summed E-state index contributed by atoms with van der Waals surface area (Å²) in [6, 6.07) is 10.8. The van der Waals surface area contributed by atoms with E-state index < -0.39 is 0 Å². The molecule has 2 heterocycles. The zero-order valence-corrected chi connectivity index (χ0v) is 18.3. The van der Waals surface area contributed by atoms with Crippen LogP contribution in [-0.2, 0) is 11.2 Å². The van der Waals surface area contributed by atoms with E-state index in [2.05, 4.69) is 40.3 Å². The van der Waals surface area contributed by atoms with E-state index >= 15 is 0 Å². The number of hydrogen-bond acceptors (Lipinski definition) is 5. The van der Waals surface area contributed by atoms with Crippen molar-refractivity contribution >= 4 is 11.7 Å². The van der Waals surface area contributed by atoms with E-state index in [-0.39, 0.29) is 11.7 Å². The summed E-state index contributed by atoms with van der Waals surface area (Å²) in [7, 11) is 1.57. The first-order valence-corrected chi connectivity index (χ1v) is 11.4. The van der Waals surface area contributed by atoms with Crippen molar-refractivity contribution in [2.45, 2.75) is 57.3 Å². The maximum atomic E-state index is 13.0. The number of carbonyl (C=O) groups excluding carboxylic acids is 2. The molecule has 0 bridgehead atoms. The molecule has 1 aromatic carbocycles. The van der Waals surface area contributed by atoms with Gasteiger partial charge in [-0.2, -0.15) is 0 Å². The minimum atomic E-state index is -0.171.